The Morgan fingerprint density at radius 3 is 3.04 bits per heavy atom. The molecule has 0 fully saturated rings. The maximum Gasteiger partial charge on any atom is 0.224 e. The molecule has 1 amide bonds. The minimum Gasteiger partial charge on any atom is -0.490 e. The number of fused-ring (bicyclic) bond motifs is 1. The van der Waals surface area contributed by atoms with E-state index in [0.717, 1.165) is 42.8 Å². The number of carbonyl (C=O) groups excluding carboxylic acids is 1. The maximum atomic E-state index is 11.6. The van der Waals surface area contributed by atoms with Gasteiger partial charge in [-0.05, 0) is 37.9 Å². The third-order valence-corrected chi connectivity index (χ3v) is 4.01. The highest BCUT2D eigenvalue weighted by Gasteiger charge is 2.17. The van der Waals surface area contributed by atoms with E-state index < -0.39 is 6.10 Å². The quantitative estimate of drug-likeness (QED) is 0.611. The number of ether oxygens (including phenoxy) is 1. The average molecular weight is 320 g/mol. The van der Waals surface area contributed by atoms with Gasteiger partial charge in [0.2, 0.25) is 5.91 Å². The molecule has 3 N–H and O–H groups in total. The molecule has 1 aromatic carbocycles. The molecule has 0 spiro atoms. The number of aliphatic hydroxyl groups excluding tert-OH is 1. The number of hydrogen-bond acceptors (Lipinski definition) is 4. The molecule has 0 aliphatic carbocycles. The Morgan fingerprint density at radius 1 is 1.35 bits per heavy atom. The maximum absolute atomic E-state index is 11.6. The highest BCUT2D eigenvalue weighted by Crippen LogP contribution is 2.30. The Kier molecular flexibility index (Phi) is 7.36. The van der Waals surface area contributed by atoms with Crippen LogP contribution in [0.2, 0.25) is 0 Å². The molecular formula is C18H28N2O3. The van der Waals surface area contributed by atoms with Gasteiger partial charge in [-0.1, -0.05) is 25.8 Å². The summed E-state index contributed by atoms with van der Waals surface area (Å²) in [5.41, 5.74) is 1.86. The Hall–Kier alpha value is -1.59. The second kappa shape index (κ2) is 9.53. The molecule has 128 valence electrons. The number of rotatable bonds is 9. The van der Waals surface area contributed by atoms with Gasteiger partial charge in [0.25, 0.3) is 0 Å². The Bertz CT molecular complexity index is 505. The van der Waals surface area contributed by atoms with Crippen molar-refractivity contribution < 1.29 is 14.6 Å². The van der Waals surface area contributed by atoms with Gasteiger partial charge in [-0.2, -0.15) is 0 Å². The first kappa shape index (κ1) is 17.8. The van der Waals surface area contributed by atoms with E-state index in [4.69, 9.17) is 4.74 Å². The predicted octanol–water partition coefficient (Wildman–Crippen LogP) is 2.48. The standard InChI is InChI=1S/C18H28N2O3/c1-2-3-4-11-19-12-14(21)13-23-17-9-6-8-16-15(17)7-5-10-18(22)20-16/h6,8-9,14,19,21H,2-5,7,10-13H2,1H3,(H,20,22). The summed E-state index contributed by atoms with van der Waals surface area (Å²) in [5.74, 6) is 0.812. The molecule has 5 nitrogen and oxygen atoms in total. The third kappa shape index (κ3) is 5.84. The van der Waals surface area contributed by atoms with Gasteiger partial charge in [0, 0.05) is 24.2 Å². The Balaban J connectivity index is 1.81. The second-order valence-electron chi connectivity index (χ2n) is 6.06. The number of carbonyl (C=O) groups is 1. The Labute approximate surface area is 138 Å². The first-order valence-corrected chi connectivity index (χ1v) is 8.64. The molecule has 0 aromatic heterocycles. The second-order valence-corrected chi connectivity index (χ2v) is 6.06. The topological polar surface area (TPSA) is 70.6 Å². The largest absolute Gasteiger partial charge is 0.490 e. The number of unbranched alkanes of at least 4 members (excludes halogenated alkanes) is 2. The van der Waals surface area contributed by atoms with Crippen molar-refractivity contribution in [2.24, 2.45) is 0 Å². The van der Waals surface area contributed by atoms with Crippen LogP contribution in [0.1, 0.15) is 44.6 Å². The lowest BCUT2D eigenvalue weighted by atomic mass is 10.1. The molecule has 1 aliphatic rings. The number of amides is 1. The third-order valence-electron chi connectivity index (χ3n) is 4.01. The molecule has 5 heteroatoms. The van der Waals surface area contributed by atoms with Gasteiger partial charge >= 0.3 is 0 Å². The van der Waals surface area contributed by atoms with Crippen molar-refractivity contribution in [2.45, 2.75) is 51.6 Å². The minimum absolute atomic E-state index is 0.0530. The summed E-state index contributed by atoms with van der Waals surface area (Å²) in [6, 6.07) is 5.67. The van der Waals surface area contributed by atoms with Crippen molar-refractivity contribution >= 4 is 11.6 Å². The monoisotopic (exact) mass is 320 g/mol. The number of hydrogen-bond donors (Lipinski definition) is 3. The summed E-state index contributed by atoms with van der Waals surface area (Å²) in [7, 11) is 0. The van der Waals surface area contributed by atoms with E-state index in [-0.39, 0.29) is 12.5 Å². The van der Waals surface area contributed by atoms with E-state index in [9.17, 15) is 9.90 Å². The van der Waals surface area contributed by atoms with Gasteiger partial charge in [-0.15, -0.1) is 0 Å². The number of benzene rings is 1. The van der Waals surface area contributed by atoms with Crippen LogP contribution in [0, 0.1) is 0 Å². The van der Waals surface area contributed by atoms with Gasteiger partial charge in [0.15, 0.2) is 0 Å². The molecule has 1 atom stereocenters. The van der Waals surface area contributed by atoms with Crippen LogP contribution < -0.4 is 15.4 Å². The predicted molar refractivity (Wildman–Crippen MR) is 91.9 cm³/mol. The van der Waals surface area contributed by atoms with E-state index in [2.05, 4.69) is 17.6 Å². The summed E-state index contributed by atoms with van der Waals surface area (Å²) in [6.07, 6.45) is 5.18. The minimum atomic E-state index is -0.534. The lowest BCUT2D eigenvalue weighted by Gasteiger charge is -2.17. The molecule has 0 bridgehead atoms. The van der Waals surface area contributed by atoms with Crippen molar-refractivity contribution in [2.75, 3.05) is 25.0 Å². The zero-order chi connectivity index (χ0) is 16.5. The van der Waals surface area contributed by atoms with Crippen LogP contribution in [-0.2, 0) is 11.2 Å². The van der Waals surface area contributed by atoms with E-state index in [1.165, 1.54) is 12.8 Å². The smallest absolute Gasteiger partial charge is 0.224 e. The molecule has 1 aromatic rings. The summed E-state index contributed by atoms with van der Waals surface area (Å²) in [6.45, 7) is 3.90. The lowest BCUT2D eigenvalue weighted by molar-refractivity contribution is -0.116. The van der Waals surface area contributed by atoms with Crippen LogP contribution in [0.15, 0.2) is 18.2 Å². The van der Waals surface area contributed by atoms with E-state index in [0.29, 0.717) is 13.0 Å². The van der Waals surface area contributed by atoms with Gasteiger partial charge in [0.05, 0.1) is 0 Å². The number of anilines is 1. The van der Waals surface area contributed by atoms with E-state index >= 15 is 0 Å². The van der Waals surface area contributed by atoms with E-state index in [1.807, 2.05) is 18.2 Å². The highest BCUT2D eigenvalue weighted by molar-refractivity contribution is 5.92. The lowest BCUT2D eigenvalue weighted by Crippen LogP contribution is -2.32. The molecule has 23 heavy (non-hydrogen) atoms. The molecular weight excluding hydrogens is 292 g/mol. The molecule has 0 saturated heterocycles. The SMILES string of the molecule is CCCCCNCC(O)COc1cccc2c1CCCC(=O)N2. The first-order chi connectivity index (χ1) is 11.2. The summed E-state index contributed by atoms with van der Waals surface area (Å²) >= 11 is 0. The van der Waals surface area contributed by atoms with Crippen LogP contribution in [0.25, 0.3) is 0 Å². The molecule has 1 unspecified atom stereocenters. The summed E-state index contributed by atoms with van der Waals surface area (Å²) < 4.78 is 5.79. The van der Waals surface area contributed by atoms with Crippen LogP contribution in [0.3, 0.4) is 0 Å². The zero-order valence-corrected chi connectivity index (χ0v) is 13.9. The van der Waals surface area contributed by atoms with Crippen molar-refractivity contribution in [3.05, 3.63) is 23.8 Å². The van der Waals surface area contributed by atoms with Crippen molar-refractivity contribution in [1.82, 2.24) is 5.32 Å². The molecule has 1 heterocycles. The molecule has 1 aliphatic heterocycles. The Morgan fingerprint density at radius 2 is 2.22 bits per heavy atom. The molecule has 0 radical (unpaired) electrons. The van der Waals surface area contributed by atoms with Crippen molar-refractivity contribution in [3.8, 4) is 5.75 Å². The van der Waals surface area contributed by atoms with Crippen LogP contribution in [-0.4, -0.2) is 36.8 Å². The number of aliphatic hydroxyl groups is 1. The fraction of sp³-hybridized carbons (Fsp3) is 0.611. The van der Waals surface area contributed by atoms with Gasteiger partial charge in [-0.3, -0.25) is 4.79 Å². The van der Waals surface area contributed by atoms with Crippen LogP contribution >= 0.6 is 0 Å². The fourth-order valence-electron chi connectivity index (χ4n) is 2.73. The summed E-state index contributed by atoms with van der Waals surface area (Å²) in [4.78, 5) is 11.6. The van der Waals surface area contributed by atoms with Crippen molar-refractivity contribution in [1.29, 1.82) is 0 Å². The number of nitrogens with one attached hydrogen (secondary N) is 2. The average Bonchev–Trinajstić information content (AvgIpc) is 2.73. The van der Waals surface area contributed by atoms with Crippen molar-refractivity contribution in [3.63, 3.8) is 0 Å². The first-order valence-electron chi connectivity index (χ1n) is 8.64. The van der Waals surface area contributed by atoms with Gasteiger partial charge in [0.1, 0.15) is 18.5 Å². The molecule has 2 rings (SSSR count). The highest BCUT2D eigenvalue weighted by atomic mass is 16.5. The van der Waals surface area contributed by atoms with Crippen LogP contribution in [0.4, 0.5) is 5.69 Å². The van der Waals surface area contributed by atoms with Gasteiger partial charge in [-0.25, -0.2) is 0 Å². The van der Waals surface area contributed by atoms with Crippen LogP contribution in [0.5, 0.6) is 5.75 Å². The summed E-state index contributed by atoms with van der Waals surface area (Å²) in [5, 5.41) is 16.2. The van der Waals surface area contributed by atoms with E-state index in [1.54, 1.807) is 0 Å². The normalized spacial score (nSPS) is 15.5. The fourth-order valence-corrected chi connectivity index (χ4v) is 2.73. The van der Waals surface area contributed by atoms with Gasteiger partial charge < -0.3 is 20.5 Å². The molecule has 0 saturated carbocycles. The zero-order valence-electron chi connectivity index (χ0n) is 13.9.